The Bertz CT molecular complexity index is 353. The molecule has 1 aliphatic heterocycles. The van der Waals surface area contributed by atoms with Gasteiger partial charge in [-0.1, -0.05) is 34.1 Å². The van der Waals surface area contributed by atoms with Crippen LogP contribution in [0, 0.1) is 5.82 Å². The first kappa shape index (κ1) is 13.0. The molecule has 2 atom stereocenters. The number of benzene rings is 1. The van der Waals surface area contributed by atoms with E-state index in [9.17, 15) is 4.39 Å². The minimum absolute atomic E-state index is 0.170. The van der Waals surface area contributed by atoms with Crippen LogP contribution < -0.4 is 0 Å². The summed E-state index contributed by atoms with van der Waals surface area (Å²) in [7, 11) is 0. The Labute approximate surface area is 109 Å². The average molecular weight is 303 g/mol. The normalized spacial score (nSPS) is 21.6. The molecule has 0 aliphatic carbocycles. The van der Waals surface area contributed by atoms with Gasteiger partial charge in [0.15, 0.2) is 0 Å². The fraction of sp³-hybridized carbons (Fsp3) is 0.538. The predicted molar refractivity (Wildman–Crippen MR) is 67.9 cm³/mol. The molecule has 0 radical (unpaired) electrons. The number of halogens is 2. The monoisotopic (exact) mass is 302 g/mol. The smallest absolute Gasteiger partial charge is 0.129 e. The molecule has 1 heterocycles. The van der Waals surface area contributed by atoms with Gasteiger partial charge in [-0.3, -0.25) is 0 Å². The lowest BCUT2D eigenvalue weighted by atomic mass is 10.1. The Kier molecular flexibility index (Phi) is 4.95. The molecule has 2 rings (SSSR count). The van der Waals surface area contributed by atoms with Crippen molar-refractivity contribution in [2.45, 2.75) is 25.0 Å². The molecular formula is C13H16BrFO2. The third kappa shape index (κ3) is 3.50. The van der Waals surface area contributed by atoms with E-state index in [-0.39, 0.29) is 18.0 Å². The zero-order chi connectivity index (χ0) is 12.1. The summed E-state index contributed by atoms with van der Waals surface area (Å²) in [4.78, 5) is 0. The van der Waals surface area contributed by atoms with Gasteiger partial charge < -0.3 is 9.47 Å². The Morgan fingerprint density at radius 2 is 2.29 bits per heavy atom. The maximum Gasteiger partial charge on any atom is 0.129 e. The van der Waals surface area contributed by atoms with Crippen molar-refractivity contribution in [3.8, 4) is 0 Å². The molecule has 1 aromatic carbocycles. The summed E-state index contributed by atoms with van der Waals surface area (Å²) in [5.74, 6) is -0.218. The second-order valence-corrected chi connectivity index (χ2v) is 4.78. The highest BCUT2D eigenvalue weighted by molar-refractivity contribution is 9.09. The van der Waals surface area contributed by atoms with Crippen LogP contribution in [0.25, 0.3) is 0 Å². The van der Waals surface area contributed by atoms with Gasteiger partial charge in [0.2, 0.25) is 0 Å². The van der Waals surface area contributed by atoms with Gasteiger partial charge in [0.05, 0.1) is 18.8 Å². The minimum Gasteiger partial charge on any atom is -0.376 e. The highest BCUT2D eigenvalue weighted by Crippen LogP contribution is 2.24. The largest absolute Gasteiger partial charge is 0.376 e. The van der Waals surface area contributed by atoms with Crippen LogP contribution in [0.15, 0.2) is 24.3 Å². The molecule has 2 nitrogen and oxygen atoms in total. The van der Waals surface area contributed by atoms with E-state index in [0.717, 1.165) is 19.4 Å². The minimum atomic E-state index is -0.250. The van der Waals surface area contributed by atoms with Gasteiger partial charge in [0.1, 0.15) is 5.82 Å². The molecule has 2 unspecified atom stereocenters. The highest BCUT2D eigenvalue weighted by atomic mass is 79.9. The van der Waals surface area contributed by atoms with Crippen molar-refractivity contribution in [3.05, 3.63) is 35.6 Å². The molecule has 1 fully saturated rings. The molecule has 0 saturated carbocycles. The van der Waals surface area contributed by atoms with Crippen LogP contribution in [-0.2, 0) is 9.47 Å². The van der Waals surface area contributed by atoms with E-state index in [1.807, 2.05) is 6.07 Å². The third-order valence-electron chi connectivity index (χ3n) is 2.90. The van der Waals surface area contributed by atoms with Crippen molar-refractivity contribution in [1.82, 2.24) is 0 Å². The van der Waals surface area contributed by atoms with Crippen molar-refractivity contribution >= 4 is 15.9 Å². The van der Waals surface area contributed by atoms with Crippen LogP contribution in [-0.4, -0.2) is 24.6 Å². The van der Waals surface area contributed by atoms with Crippen LogP contribution in [0.3, 0.4) is 0 Å². The van der Waals surface area contributed by atoms with E-state index >= 15 is 0 Å². The van der Waals surface area contributed by atoms with Gasteiger partial charge in [-0.05, 0) is 18.9 Å². The molecule has 4 heteroatoms. The number of hydrogen-bond donors (Lipinski definition) is 0. The van der Waals surface area contributed by atoms with E-state index < -0.39 is 0 Å². The molecule has 1 aliphatic rings. The van der Waals surface area contributed by atoms with Crippen molar-refractivity contribution in [1.29, 1.82) is 0 Å². The Morgan fingerprint density at radius 1 is 1.47 bits per heavy atom. The summed E-state index contributed by atoms with van der Waals surface area (Å²) in [6.07, 6.45) is 2.04. The van der Waals surface area contributed by atoms with Gasteiger partial charge in [0, 0.05) is 17.5 Å². The molecule has 0 aromatic heterocycles. The highest BCUT2D eigenvalue weighted by Gasteiger charge is 2.20. The van der Waals surface area contributed by atoms with Crippen LogP contribution in [0.2, 0.25) is 0 Å². The molecule has 17 heavy (non-hydrogen) atoms. The summed E-state index contributed by atoms with van der Waals surface area (Å²) in [6, 6.07) is 6.73. The second-order valence-electron chi connectivity index (χ2n) is 4.13. The van der Waals surface area contributed by atoms with Gasteiger partial charge in [0.25, 0.3) is 0 Å². The van der Waals surface area contributed by atoms with E-state index in [1.165, 1.54) is 6.07 Å². The topological polar surface area (TPSA) is 18.5 Å². The maximum atomic E-state index is 13.6. The summed E-state index contributed by atoms with van der Waals surface area (Å²) in [6.45, 7) is 1.34. The zero-order valence-electron chi connectivity index (χ0n) is 9.57. The molecule has 94 valence electrons. The molecule has 0 spiro atoms. The van der Waals surface area contributed by atoms with Crippen LogP contribution in [0.4, 0.5) is 4.39 Å². The first-order valence-corrected chi connectivity index (χ1v) is 6.97. The van der Waals surface area contributed by atoms with Gasteiger partial charge in [-0.15, -0.1) is 0 Å². The Balaban J connectivity index is 1.94. The molecule has 1 aromatic rings. The van der Waals surface area contributed by atoms with Crippen LogP contribution in [0.5, 0.6) is 0 Å². The van der Waals surface area contributed by atoms with E-state index in [4.69, 9.17) is 9.47 Å². The SMILES string of the molecule is Fc1ccccc1C(CBr)OCC1CCCO1. The Morgan fingerprint density at radius 3 is 2.94 bits per heavy atom. The standard InChI is InChI=1S/C13H16BrFO2/c14-8-13(11-5-1-2-6-12(11)15)17-9-10-4-3-7-16-10/h1-2,5-6,10,13H,3-4,7-9H2. The number of ether oxygens (including phenoxy) is 2. The number of hydrogen-bond acceptors (Lipinski definition) is 2. The summed E-state index contributed by atoms with van der Waals surface area (Å²) in [5, 5.41) is 0.584. The molecule has 0 N–H and O–H groups in total. The summed E-state index contributed by atoms with van der Waals surface area (Å²) < 4.78 is 24.8. The van der Waals surface area contributed by atoms with E-state index in [0.29, 0.717) is 17.5 Å². The van der Waals surface area contributed by atoms with Gasteiger partial charge in [-0.2, -0.15) is 0 Å². The fourth-order valence-corrected chi connectivity index (χ4v) is 2.49. The third-order valence-corrected chi connectivity index (χ3v) is 3.49. The zero-order valence-corrected chi connectivity index (χ0v) is 11.2. The average Bonchev–Trinajstić information content (AvgIpc) is 2.85. The van der Waals surface area contributed by atoms with Crippen molar-refractivity contribution in [2.75, 3.05) is 18.5 Å². The van der Waals surface area contributed by atoms with Gasteiger partial charge in [-0.25, -0.2) is 4.39 Å². The number of rotatable bonds is 5. The first-order valence-electron chi connectivity index (χ1n) is 5.85. The lowest BCUT2D eigenvalue weighted by Gasteiger charge is -2.18. The van der Waals surface area contributed by atoms with Crippen LogP contribution in [0.1, 0.15) is 24.5 Å². The molecule has 0 amide bonds. The number of alkyl halides is 1. The van der Waals surface area contributed by atoms with Crippen molar-refractivity contribution in [3.63, 3.8) is 0 Å². The quantitative estimate of drug-likeness (QED) is 0.776. The van der Waals surface area contributed by atoms with Crippen molar-refractivity contribution in [2.24, 2.45) is 0 Å². The van der Waals surface area contributed by atoms with E-state index in [2.05, 4.69) is 15.9 Å². The molecule has 0 bridgehead atoms. The maximum absolute atomic E-state index is 13.6. The molecular weight excluding hydrogens is 287 g/mol. The fourth-order valence-electron chi connectivity index (χ4n) is 1.95. The first-order chi connectivity index (χ1) is 8.31. The second kappa shape index (κ2) is 6.47. The lowest BCUT2D eigenvalue weighted by molar-refractivity contribution is -0.0138. The van der Waals surface area contributed by atoms with Gasteiger partial charge >= 0.3 is 0 Å². The summed E-state index contributed by atoms with van der Waals surface area (Å²) in [5.41, 5.74) is 0.599. The van der Waals surface area contributed by atoms with Crippen LogP contribution >= 0.6 is 15.9 Å². The predicted octanol–water partition coefficient (Wildman–Crippen LogP) is 3.46. The lowest BCUT2D eigenvalue weighted by Crippen LogP contribution is -2.18. The van der Waals surface area contributed by atoms with Crippen molar-refractivity contribution < 1.29 is 13.9 Å². The molecule has 1 saturated heterocycles. The summed E-state index contributed by atoms with van der Waals surface area (Å²) >= 11 is 3.36. The Hall–Kier alpha value is -0.450. The van der Waals surface area contributed by atoms with E-state index in [1.54, 1.807) is 12.1 Å².